The van der Waals surface area contributed by atoms with Crippen LogP contribution >= 0.6 is 0 Å². The second-order valence-electron chi connectivity index (χ2n) is 8.17. The molecule has 0 unspecified atom stereocenters. The molecule has 7 nitrogen and oxygen atoms in total. The number of rotatable bonds is 7. The van der Waals surface area contributed by atoms with Gasteiger partial charge in [0.2, 0.25) is 5.91 Å². The third kappa shape index (κ3) is 5.11. The van der Waals surface area contributed by atoms with Gasteiger partial charge in [-0.3, -0.25) is 14.5 Å². The molecule has 1 N–H and O–H groups in total. The van der Waals surface area contributed by atoms with Gasteiger partial charge in [0.25, 0.3) is 5.91 Å². The number of aromatic nitrogens is 1. The van der Waals surface area contributed by atoms with Gasteiger partial charge in [-0.05, 0) is 36.8 Å². The van der Waals surface area contributed by atoms with Crippen molar-refractivity contribution in [2.75, 3.05) is 46.4 Å². The molecule has 7 heteroatoms. The molecule has 32 heavy (non-hydrogen) atoms. The highest BCUT2D eigenvalue weighted by atomic mass is 16.5. The Hall–Kier alpha value is -3.32. The SMILES string of the molecule is CCOc1ccc(CN(C)C(=O)CN2CCN(C(=O)c3cc4ccccc4[nH]3)CC2)cc1. The number of likely N-dealkylation sites (N-methyl/N-ethyl adjacent to an activating group) is 1. The minimum absolute atomic E-state index is 0.0137. The lowest BCUT2D eigenvalue weighted by Crippen LogP contribution is -2.51. The normalized spacial score (nSPS) is 14.5. The Morgan fingerprint density at radius 2 is 1.75 bits per heavy atom. The zero-order chi connectivity index (χ0) is 22.5. The maximum atomic E-state index is 12.9. The summed E-state index contributed by atoms with van der Waals surface area (Å²) in [5.74, 6) is 0.930. The summed E-state index contributed by atoms with van der Waals surface area (Å²) in [5.41, 5.74) is 2.65. The van der Waals surface area contributed by atoms with E-state index in [1.807, 2.05) is 73.5 Å². The van der Waals surface area contributed by atoms with E-state index in [4.69, 9.17) is 4.74 Å². The van der Waals surface area contributed by atoms with Gasteiger partial charge in [-0.25, -0.2) is 0 Å². The maximum absolute atomic E-state index is 12.9. The van der Waals surface area contributed by atoms with Crippen LogP contribution in [0.5, 0.6) is 5.75 Å². The summed E-state index contributed by atoms with van der Waals surface area (Å²) in [6.07, 6.45) is 0. The van der Waals surface area contributed by atoms with Crippen LogP contribution in [0.1, 0.15) is 23.0 Å². The minimum atomic E-state index is 0.0137. The van der Waals surface area contributed by atoms with Crippen LogP contribution in [0.15, 0.2) is 54.6 Å². The van der Waals surface area contributed by atoms with Crippen molar-refractivity contribution in [2.45, 2.75) is 13.5 Å². The Kier molecular flexibility index (Phi) is 6.75. The molecule has 1 aliphatic rings. The van der Waals surface area contributed by atoms with Gasteiger partial charge in [0.05, 0.1) is 13.2 Å². The van der Waals surface area contributed by atoms with Crippen LogP contribution in [0, 0.1) is 0 Å². The van der Waals surface area contributed by atoms with Gasteiger partial charge >= 0.3 is 0 Å². The Morgan fingerprint density at radius 3 is 2.44 bits per heavy atom. The number of aromatic amines is 1. The summed E-state index contributed by atoms with van der Waals surface area (Å²) in [5, 5.41) is 1.04. The van der Waals surface area contributed by atoms with E-state index in [-0.39, 0.29) is 11.8 Å². The molecule has 0 radical (unpaired) electrons. The lowest BCUT2D eigenvalue weighted by atomic mass is 10.2. The van der Waals surface area contributed by atoms with Crippen molar-refractivity contribution in [1.82, 2.24) is 19.7 Å². The fraction of sp³-hybridized carbons (Fsp3) is 0.360. The first-order valence-corrected chi connectivity index (χ1v) is 11.1. The second-order valence-corrected chi connectivity index (χ2v) is 8.17. The zero-order valence-corrected chi connectivity index (χ0v) is 18.7. The Morgan fingerprint density at radius 1 is 1.03 bits per heavy atom. The van der Waals surface area contributed by atoms with Gasteiger partial charge in [-0.1, -0.05) is 30.3 Å². The fourth-order valence-corrected chi connectivity index (χ4v) is 4.00. The molecule has 1 aromatic heterocycles. The molecular formula is C25H30N4O3. The van der Waals surface area contributed by atoms with Gasteiger partial charge in [-0.2, -0.15) is 0 Å². The van der Waals surface area contributed by atoms with Crippen LogP contribution in [0.4, 0.5) is 0 Å². The number of nitrogens with one attached hydrogen (secondary N) is 1. The number of amides is 2. The van der Waals surface area contributed by atoms with E-state index in [1.165, 1.54) is 0 Å². The first-order valence-electron chi connectivity index (χ1n) is 11.1. The number of fused-ring (bicyclic) bond motifs is 1. The molecule has 168 valence electrons. The topological polar surface area (TPSA) is 68.9 Å². The average Bonchev–Trinajstić information content (AvgIpc) is 3.25. The van der Waals surface area contributed by atoms with E-state index < -0.39 is 0 Å². The van der Waals surface area contributed by atoms with Gasteiger partial charge in [0, 0.05) is 50.7 Å². The average molecular weight is 435 g/mol. The first-order chi connectivity index (χ1) is 15.5. The molecule has 2 amide bonds. The summed E-state index contributed by atoms with van der Waals surface area (Å²) in [6.45, 7) is 6.12. The van der Waals surface area contributed by atoms with Crippen LogP contribution in [-0.2, 0) is 11.3 Å². The summed E-state index contributed by atoms with van der Waals surface area (Å²) in [7, 11) is 1.83. The van der Waals surface area contributed by atoms with Crippen molar-refractivity contribution in [1.29, 1.82) is 0 Å². The van der Waals surface area contributed by atoms with Crippen molar-refractivity contribution in [3.05, 3.63) is 65.9 Å². The molecule has 0 atom stereocenters. The van der Waals surface area contributed by atoms with Crippen molar-refractivity contribution in [2.24, 2.45) is 0 Å². The molecule has 1 fully saturated rings. The van der Waals surface area contributed by atoms with Crippen LogP contribution in [-0.4, -0.2) is 77.9 Å². The number of nitrogens with zero attached hydrogens (tertiary/aromatic N) is 3. The van der Waals surface area contributed by atoms with Gasteiger partial charge in [0.15, 0.2) is 0 Å². The van der Waals surface area contributed by atoms with Crippen molar-refractivity contribution in [3.8, 4) is 5.75 Å². The Bertz CT molecular complexity index is 1040. The number of hydrogen-bond acceptors (Lipinski definition) is 4. The Labute approximate surface area is 188 Å². The van der Waals surface area contributed by atoms with E-state index in [0.29, 0.717) is 51.6 Å². The standard InChI is InChI=1S/C25H30N4O3/c1-3-32-21-10-8-19(9-11-21)17-27(2)24(30)18-28-12-14-29(15-13-28)25(31)23-16-20-6-4-5-7-22(20)26-23/h4-11,16,26H,3,12-15,17-18H2,1-2H3. The quantitative estimate of drug-likeness (QED) is 0.621. The number of piperazine rings is 1. The molecule has 3 aromatic rings. The highest BCUT2D eigenvalue weighted by Gasteiger charge is 2.25. The number of carbonyl (C=O) groups is 2. The highest BCUT2D eigenvalue weighted by Crippen LogP contribution is 2.17. The second kappa shape index (κ2) is 9.87. The lowest BCUT2D eigenvalue weighted by Gasteiger charge is -2.34. The summed E-state index contributed by atoms with van der Waals surface area (Å²) in [6, 6.07) is 17.6. The van der Waals surface area contributed by atoms with E-state index in [1.54, 1.807) is 4.90 Å². The molecule has 1 saturated heterocycles. The molecule has 0 saturated carbocycles. The van der Waals surface area contributed by atoms with E-state index in [2.05, 4.69) is 9.88 Å². The molecule has 2 aromatic carbocycles. The monoisotopic (exact) mass is 434 g/mol. The summed E-state index contributed by atoms with van der Waals surface area (Å²) in [4.78, 5) is 34.5. The van der Waals surface area contributed by atoms with E-state index in [9.17, 15) is 9.59 Å². The van der Waals surface area contributed by atoms with Crippen molar-refractivity contribution >= 4 is 22.7 Å². The molecule has 1 aliphatic heterocycles. The molecular weight excluding hydrogens is 404 g/mol. The third-order valence-electron chi connectivity index (χ3n) is 5.86. The summed E-state index contributed by atoms with van der Waals surface area (Å²) >= 11 is 0. The van der Waals surface area contributed by atoms with Crippen molar-refractivity contribution < 1.29 is 14.3 Å². The minimum Gasteiger partial charge on any atom is -0.494 e. The number of carbonyl (C=O) groups excluding carboxylic acids is 2. The van der Waals surface area contributed by atoms with E-state index >= 15 is 0 Å². The first kappa shape index (κ1) is 21.9. The lowest BCUT2D eigenvalue weighted by molar-refractivity contribution is -0.132. The van der Waals surface area contributed by atoms with Gasteiger partial charge in [0.1, 0.15) is 11.4 Å². The number of hydrogen-bond donors (Lipinski definition) is 1. The third-order valence-corrected chi connectivity index (χ3v) is 5.86. The number of para-hydroxylation sites is 1. The summed E-state index contributed by atoms with van der Waals surface area (Å²) < 4.78 is 5.47. The molecule has 4 rings (SSSR count). The molecule has 0 spiro atoms. The van der Waals surface area contributed by atoms with Crippen LogP contribution in [0.2, 0.25) is 0 Å². The maximum Gasteiger partial charge on any atom is 0.270 e. The fourth-order valence-electron chi connectivity index (χ4n) is 4.00. The number of H-pyrrole nitrogens is 1. The smallest absolute Gasteiger partial charge is 0.270 e. The number of ether oxygens (including phenoxy) is 1. The largest absolute Gasteiger partial charge is 0.494 e. The Balaban J connectivity index is 1.25. The predicted octanol–water partition coefficient (Wildman–Crippen LogP) is 2.98. The van der Waals surface area contributed by atoms with Gasteiger partial charge < -0.3 is 19.5 Å². The molecule has 0 bridgehead atoms. The predicted molar refractivity (Wildman–Crippen MR) is 125 cm³/mol. The van der Waals surface area contributed by atoms with E-state index in [0.717, 1.165) is 22.2 Å². The molecule has 2 heterocycles. The van der Waals surface area contributed by atoms with Crippen LogP contribution in [0.25, 0.3) is 10.9 Å². The van der Waals surface area contributed by atoms with Gasteiger partial charge in [-0.15, -0.1) is 0 Å². The highest BCUT2D eigenvalue weighted by molar-refractivity contribution is 5.98. The van der Waals surface area contributed by atoms with Crippen molar-refractivity contribution in [3.63, 3.8) is 0 Å². The van der Waals surface area contributed by atoms with Crippen LogP contribution < -0.4 is 4.74 Å². The van der Waals surface area contributed by atoms with Crippen LogP contribution in [0.3, 0.4) is 0 Å². The zero-order valence-electron chi connectivity index (χ0n) is 18.7. The molecule has 0 aliphatic carbocycles. The number of benzene rings is 2.